The zero-order chi connectivity index (χ0) is 16.3. The Hall–Kier alpha value is -1.75. The van der Waals surface area contributed by atoms with Gasteiger partial charge in [-0.1, -0.05) is 25.2 Å². The molecule has 0 saturated heterocycles. The van der Waals surface area contributed by atoms with Gasteiger partial charge in [0.05, 0.1) is 5.57 Å². The Morgan fingerprint density at radius 2 is 2.23 bits per heavy atom. The number of aliphatic carboxylic acids is 1. The molecule has 0 radical (unpaired) electrons. The van der Waals surface area contributed by atoms with Crippen LogP contribution in [0.2, 0.25) is 0 Å². The van der Waals surface area contributed by atoms with E-state index < -0.39 is 17.2 Å². The zero-order valence-corrected chi connectivity index (χ0v) is 12.9. The summed E-state index contributed by atoms with van der Waals surface area (Å²) in [5.41, 5.74) is -0.755. The first-order valence-electron chi connectivity index (χ1n) is 7.34. The molecule has 0 bridgehead atoms. The van der Waals surface area contributed by atoms with Crippen LogP contribution in [0.5, 0.6) is 0 Å². The van der Waals surface area contributed by atoms with Gasteiger partial charge in [-0.25, -0.2) is 13.6 Å². The van der Waals surface area contributed by atoms with Gasteiger partial charge in [-0.05, 0) is 32.0 Å². The number of carbonyl (C=O) groups is 1. The van der Waals surface area contributed by atoms with Crippen molar-refractivity contribution in [1.29, 1.82) is 0 Å². The van der Waals surface area contributed by atoms with E-state index in [2.05, 4.69) is 0 Å². The lowest BCUT2D eigenvalue weighted by Gasteiger charge is -2.34. The summed E-state index contributed by atoms with van der Waals surface area (Å²) < 4.78 is 27.6. The zero-order valence-electron chi connectivity index (χ0n) is 12.9. The van der Waals surface area contributed by atoms with Gasteiger partial charge < -0.3 is 10.0 Å². The maximum Gasteiger partial charge on any atom is 0.338 e. The Bertz CT molecular complexity index is 577. The lowest BCUT2D eigenvalue weighted by atomic mass is 9.80. The van der Waals surface area contributed by atoms with Gasteiger partial charge in [-0.3, -0.25) is 0 Å². The van der Waals surface area contributed by atoms with E-state index in [1.54, 1.807) is 6.08 Å². The Morgan fingerprint density at radius 1 is 1.50 bits per heavy atom. The van der Waals surface area contributed by atoms with Gasteiger partial charge in [-0.15, -0.1) is 0 Å². The summed E-state index contributed by atoms with van der Waals surface area (Å²) in [5.74, 6) is -2.23. The molecule has 5 heteroatoms. The maximum absolute atomic E-state index is 13.9. The Kier molecular flexibility index (Phi) is 4.96. The second kappa shape index (κ2) is 6.57. The topological polar surface area (TPSA) is 40.5 Å². The molecule has 1 N–H and O–H groups in total. The third-order valence-corrected chi connectivity index (χ3v) is 4.10. The summed E-state index contributed by atoms with van der Waals surface area (Å²) in [6.45, 7) is 2.97. The number of halogens is 2. The van der Waals surface area contributed by atoms with Crippen LogP contribution in [0.25, 0.3) is 0 Å². The van der Waals surface area contributed by atoms with Crippen LogP contribution in [0.1, 0.15) is 19.8 Å². The normalized spacial score (nSPS) is 28.2. The minimum absolute atomic E-state index is 0.127. The molecule has 120 valence electrons. The van der Waals surface area contributed by atoms with Crippen molar-refractivity contribution >= 4 is 5.97 Å². The lowest BCUT2D eigenvalue weighted by molar-refractivity contribution is -0.132. The van der Waals surface area contributed by atoms with E-state index in [0.717, 1.165) is 0 Å². The first-order valence-corrected chi connectivity index (χ1v) is 7.34. The molecule has 0 heterocycles. The Balaban J connectivity index is 1.97. The molecular weight excluding hydrogens is 288 g/mol. The predicted molar refractivity (Wildman–Crippen MR) is 81.6 cm³/mol. The molecule has 0 amide bonds. The van der Waals surface area contributed by atoms with Crippen LogP contribution in [0.3, 0.4) is 0 Å². The van der Waals surface area contributed by atoms with Gasteiger partial charge in [0.2, 0.25) is 0 Å². The van der Waals surface area contributed by atoms with Crippen molar-refractivity contribution in [3.05, 3.63) is 47.6 Å². The summed E-state index contributed by atoms with van der Waals surface area (Å²) in [6, 6.07) is 0. The number of carboxylic acid groups (broad SMARTS) is 1. The summed E-state index contributed by atoms with van der Waals surface area (Å²) in [4.78, 5) is 12.9. The molecule has 2 rings (SSSR count). The number of hydrogen-bond donors (Lipinski definition) is 1. The summed E-state index contributed by atoms with van der Waals surface area (Å²) in [7, 11) is 1.87. The van der Waals surface area contributed by atoms with Gasteiger partial charge >= 0.3 is 5.97 Å². The van der Waals surface area contributed by atoms with E-state index in [9.17, 15) is 13.6 Å². The second-order valence-electron chi connectivity index (χ2n) is 6.38. The maximum atomic E-state index is 13.9. The van der Waals surface area contributed by atoms with Gasteiger partial charge in [0.15, 0.2) is 0 Å². The highest BCUT2D eigenvalue weighted by molar-refractivity contribution is 5.91. The summed E-state index contributed by atoms with van der Waals surface area (Å²) in [6.07, 6.45) is 9.04. The molecular formula is C17H21F2NO2. The van der Waals surface area contributed by atoms with Crippen molar-refractivity contribution in [3.8, 4) is 0 Å². The number of rotatable bonds is 5. The molecule has 0 saturated carbocycles. The van der Waals surface area contributed by atoms with E-state index in [1.807, 2.05) is 24.9 Å². The van der Waals surface area contributed by atoms with Gasteiger partial charge in [0.25, 0.3) is 0 Å². The van der Waals surface area contributed by atoms with E-state index in [1.165, 1.54) is 18.2 Å². The molecule has 2 atom stereocenters. The van der Waals surface area contributed by atoms with Crippen LogP contribution in [0.15, 0.2) is 47.6 Å². The molecule has 0 fully saturated rings. The minimum atomic E-state index is -1.25. The minimum Gasteiger partial charge on any atom is -0.478 e. The van der Waals surface area contributed by atoms with Crippen LogP contribution in [0.4, 0.5) is 8.78 Å². The highest BCUT2D eigenvalue weighted by Crippen LogP contribution is 2.35. The summed E-state index contributed by atoms with van der Waals surface area (Å²) in [5, 5.41) is 8.89. The van der Waals surface area contributed by atoms with Crippen molar-refractivity contribution in [2.24, 2.45) is 11.3 Å². The van der Waals surface area contributed by atoms with Crippen molar-refractivity contribution in [3.63, 3.8) is 0 Å². The fourth-order valence-corrected chi connectivity index (χ4v) is 3.05. The Labute approximate surface area is 129 Å². The number of allylic oxidation sites excluding steroid dienone is 4. The van der Waals surface area contributed by atoms with Crippen LogP contribution in [-0.2, 0) is 4.79 Å². The molecule has 2 unspecified atom stereocenters. The smallest absolute Gasteiger partial charge is 0.338 e. The Morgan fingerprint density at radius 3 is 2.82 bits per heavy atom. The highest BCUT2D eigenvalue weighted by Gasteiger charge is 2.31. The monoisotopic (exact) mass is 309 g/mol. The van der Waals surface area contributed by atoms with Gasteiger partial charge in [0, 0.05) is 24.4 Å². The molecule has 22 heavy (non-hydrogen) atoms. The van der Waals surface area contributed by atoms with E-state index in [0.29, 0.717) is 25.9 Å². The molecule has 0 aromatic heterocycles. The van der Waals surface area contributed by atoms with E-state index in [4.69, 9.17) is 5.11 Å². The predicted octanol–water partition coefficient (Wildman–Crippen LogP) is 3.62. The molecule has 0 spiro atoms. The molecule has 3 nitrogen and oxygen atoms in total. The first kappa shape index (κ1) is 16.6. The van der Waals surface area contributed by atoms with Crippen molar-refractivity contribution in [1.82, 2.24) is 4.90 Å². The van der Waals surface area contributed by atoms with Gasteiger partial charge in [0.1, 0.15) is 11.7 Å². The van der Waals surface area contributed by atoms with Crippen LogP contribution >= 0.6 is 0 Å². The van der Waals surface area contributed by atoms with Gasteiger partial charge in [-0.2, -0.15) is 0 Å². The highest BCUT2D eigenvalue weighted by atomic mass is 19.1. The van der Waals surface area contributed by atoms with Crippen molar-refractivity contribution < 1.29 is 18.7 Å². The summed E-state index contributed by atoms with van der Waals surface area (Å²) >= 11 is 0. The third-order valence-electron chi connectivity index (χ3n) is 4.10. The largest absolute Gasteiger partial charge is 0.478 e. The number of nitrogens with zero attached hydrogens (tertiary/aromatic N) is 1. The standard InChI is InChI=1S/C17H21F2NO2/c1-17(8-7-13(16(21)22)15(19)9-17)11-20(2)10-12-5-3-4-6-14(12)18/h3-4,6-7,9,12H,5,8,10-11H2,1-2H3,(H,21,22). The molecule has 0 aromatic rings. The number of hydrogen-bond acceptors (Lipinski definition) is 2. The van der Waals surface area contributed by atoms with Crippen LogP contribution in [-0.4, -0.2) is 36.1 Å². The average molecular weight is 309 g/mol. The second-order valence-corrected chi connectivity index (χ2v) is 6.38. The number of carboxylic acids is 1. The van der Waals surface area contributed by atoms with Crippen LogP contribution < -0.4 is 0 Å². The van der Waals surface area contributed by atoms with E-state index in [-0.39, 0.29) is 17.3 Å². The molecule has 0 aromatic carbocycles. The lowest BCUT2D eigenvalue weighted by Crippen LogP contribution is -2.36. The van der Waals surface area contributed by atoms with Crippen molar-refractivity contribution in [2.75, 3.05) is 20.1 Å². The molecule has 2 aliphatic rings. The fraction of sp³-hybridized carbons (Fsp3) is 0.471. The third kappa shape index (κ3) is 3.91. The molecule has 2 aliphatic carbocycles. The quantitative estimate of drug-likeness (QED) is 0.843. The average Bonchev–Trinajstić information content (AvgIpc) is 2.40. The van der Waals surface area contributed by atoms with Crippen molar-refractivity contribution in [2.45, 2.75) is 19.8 Å². The SMILES string of the molecule is CN(CC1CC=CC=C1F)CC1(C)C=C(F)C(C(=O)O)=CC1. The van der Waals surface area contributed by atoms with E-state index >= 15 is 0 Å². The first-order chi connectivity index (χ1) is 10.3. The molecule has 0 aliphatic heterocycles. The fourth-order valence-electron chi connectivity index (χ4n) is 3.05. The van der Waals surface area contributed by atoms with Crippen LogP contribution in [0, 0.1) is 11.3 Å².